The fourth-order valence-corrected chi connectivity index (χ4v) is 2.99. The van der Waals surface area contributed by atoms with Crippen molar-refractivity contribution in [3.63, 3.8) is 0 Å². The number of aryl methyl sites for hydroxylation is 2. The van der Waals surface area contributed by atoms with E-state index in [0.29, 0.717) is 16.7 Å². The van der Waals surface area contributed by atoms with Crippen molar-refractivity contribution in [2.45, 2.75) is 13.5 Å². The van der Waals surface area contributed by atoms with Crippen molar-refractivity contribution in [2.75, 3.05) is 11.9 Å². The van der Waals surface area contributed by atoms with E-state index in [1.54, 1.807) is 23.7 Å². The highest BCUT2D eigenvalue weighted by Crippen LogP contribution is 2.29. The molecule has 5 nitrogen and oxygen atoms in total. The molecule has 3 rings (SSSR count). The standard InChI is InChI=1S/C15H15BrFN5/c1-9-4-5-10(6-11(9)17)7-21(2)14-12-13(16)20-22(3)15(12)19-8-18-14/h4-6,8H,7H2,1-3H3. The molecule has 2 heterocycles. The van der Waals surface area contributed by atoms with E-state index in [0.717, 1.165) is 22.4 Å². The summed E-state index contributed by atoms with van der Waals surface area (Å²) in [5, 5.41) is 5.16. The fraction of sp³-hybridized carbons (Fsp3) is 0.267. The van der Waals surface area contributed by atoms with Gasteiger partial charge in [-0.25, -0.2) is 19.0 Å². The van der Waals surface area contributed by atoms with Crippen molar-refractivity contribution in [2.24, 2.45) is 7.05 Å². The van der Waals surface area contributed by atoms with Gasteiger partial charge < -0.3 is 4.90 Å². The zero-order valence-corrected chi connectivity index (χ0v) is 14.1. The minimum Gasteiger partial charge on any atom is -0.355 e. The summed E-state index contributed by atoms with van der Waals surface area (Å²) in [6, 6.07) is 5.27. The molecule has 1 aromatic carbocycles. The number of rotatable bonds is 3. The maximum Gasteiger partial charge on any atom is 0.164 e. The van der Waals surface area contributed by atoms with Crippen LogP contribution in [0.2, 0.25) is 0 Å². The highest BCUT2D eigenvalue weighted by molar-refractivity contribution is 9.10. The first kappa shape index (κ1) is 14.9. The minimum absolute atomic E-state index is 0.193. The number of fused-ring (bicyclic) bond motifs is 1. The van der Waals surface area contributed by atoms with Crippen LogP contribution in [0.25, 0.3) is 11.0 Å². The third-order valence-electron chi connectivity index (χ3n) is 3.58. The van der Waals surface area contributed by atoms with Crippen LogP contribution >= 0.6 is 15.9 Å². The van der Waals surface area contributed by atoms with Crippen LogP contribution in [-0.2, 0) is 13.6 Å². The predicted molar refractivity (Wildman–Crippen MR) is 87.2 cm³/mol. The van der Waals surface area contributed by atoms with E-state index in [-0.39, 0.29) is 5.82 Å². The molecular formula is C15H15BrFN5. The zero-order valence-electron chi connectivity index (χ0n) is 12.5. The Bertz CT molecular complexity index is 845. The molecular weight excluding hydrogens is 349 g/mol. The molecule has 0 amide bonds. The molecule has 0 bridgehead atoms. The third-order valence-corrected chi connectivity index (χ3v) is 4.13. The number of benzene rings is 1. The number of halogens is 2. The lowest BCUT2D eigenvalue weighted by atomic mass is 10.1. The Hall–Kier alpha value is -2.02. The van der Waals surface area contributed by atoms with Crippen molar-refractivity contribution in [3.8, 4) is 0 Å². The van der Waals surface area contributed by atoms with Gasteiger partial charge in [-0.1, -0.05) is 12.1 Å². The number of aromatic nitrogens is 4. The summed E-state index contributed by atoms with van der Waals surface area (Å²) in [5.41, 5.74) is 2.28. The molecule has 0 saturated heterocycles. The largest absolute Gasteiger partial charge is 0.355 e. The number of anilines is 1. The monoisotopic (exact) mass is 363 g/mol. The summed E-state index contributed by atoms with van der Waals surface area (Å²) < 4.78 is 16.1. The molecule has 0 spiro atoms. The Morgan fingerprint density at radius 1 is 1.32 bits per heavy atom. The van der Waals surface area contributed by atoms with Crippen molar-refractivity contribution in [1.82, 2.24) is 19.7 Å². The van der Waals surface area contributed by atoms with Gasteiger partial charge in [0.2, 0.25) is 0 Å². The van der Waals surface area contributed by atoms with Gasteiger partial charge in [0.25, 0.3) is 0 Å². The molecule has 0 unspecified atom stereocenters. The molecule has 22 heavy (non-hydrogen) atoms. The second kappa shape index (κ2) is 5.64. The lowest BCUT2D eigenvalue weighted by Crippen LogP contribution is -2.18. The molecule has 0 aliphatic heterocycles. The molecule has 0 saturated carbocycles. The lowest BCUT2D eigenvalue weighted by Gasteiger charge is -2.19. The van der Waals surface area contributed by atoms with Crippen LogP contribution in [0.3, 0.4) is 0 Å². The molecule has 0 atom stereocenters. The normalized spacial score (nSPS) is 11.1. The van der Waals surface area contributed by atoms with Crippen molar-refractivity contribution in [3.05, 3.63) is 46.1 Å². The van der Waals surface area contributed by atoms with Gasteiger partial charge >= 0.3 is 0 Å². The SMILES string of the molecule is Cc1ccc(CN(C)c2ncnc3c2c(Br)nn3C)cc1F. The van der Waals surface area contributed by atoms with E-state index in [4.69, 9.17) is 0 Å². The summed E-state index contributed by atoms with van der Waals surface area (Å²) in [4.78, 5) is 10.6. The van der Waals surface area contributed by atoms with Gasteiger partial charge in [0.15, 0.2) is 5.65 Å². The van der Waals surface area contributed by atoms with Gasteiger partial charge in [-0.3, -0.25) is 0 Å². The highest BCUT2D eigenvalue weighted by Gasteiger charge is 2.16. The predicted octanol–water partition coefficient (Wildman–Crippen LogP) is 3.21. The second-order valence-corrected chi connectivity index (χ2v) is 6.00. The van der Waals surface area contributed by atoms with Crippen LogP contribution < -0.4 is 4.90 Å². The zero-order chi connectivity index (χ0) is 15.9. The molecule has 0 aliphatic rings. The summed E-state index contributed by atoms with van der Waals surface area (Å²) >= 11 is 3.44. The average molecular weight is 364 g/mol. The van der Waals surface area contributed by atoms with Crippen LogP contribution in [0.4, 0.5) is 10.2 Å². The third kappa shape index (κ3) is 2.56. The Kier molecular flexibility index (Phi) is 3.82. The molecule has 0 aliphatic carbocycles. The summed E-state index contributed by atoms with van der Waals surface area (Å²) in [5.74, 6) is 0.562. The van der Waals surface area contributed by atoms with Gasteiger partial charge in [-0.2, -0.15) is 5.10 Å². The second-order valence-electron chi connectivity index (χ2n) is 5.25. The van der Waals surface area contributed by atoms with Gasteiger partial charge in [0.05, 0.1) is 5.39 Å². The van der Waals surface area contributed by atoms with E-state index in [1.807, 2.05) is 25.1 Å². The van der Waals surface area contributed by atoms with Crippen LogP contribution in [0, 0.1) is 12.7 Å². The Balaban J connectivity index is 1.98. The molecule has 0 radical (unpaired) electrons. The minimum atomic E-state index is -0.193. The van der Waals surface area contributed by atoms with E-state index >= 15 is 0 Å². The molecule has 0 N–H and O–H groups in total. The average Bonchev–Trinajstić information content (AvgIpc) is 2.78. The summed E-state index contributed by atoms with van der Waals surface area (Å²) in [6.45, 7) is 2.30. The number of hydrogen-bond acceptors (Lipinski definition) is 4. The van der Waals surface area contributed by atoms with E-state index in [9.17, 15) is 4.39 Å². The summed E-state index contributed by atoms with van der Waals surface area (Å²) in [7, 11) is 3.75. The van der Waals surface area contributed by atoms with Crippen LogP contribution in [0.5, 0.6) is 0 Å². The quantitative estimate of drug-likeness (QED) is 0.716. The van der Waals surface area contributed by atoms with Crippen molar-refractivity contribution in [1.29, 1.82) is 0 Å². The topological polar surface area (TPSA) is 46.8 Å². The van der Waals surface area contributed by atoms with Crippen molar-refractivity contribution >= 4 is 32.8 Å². The van der Waals surface area contributed by atoms with Crippen LogP contribution in [0.1, 0.15) is 11.1 Å². The first-order valence-corrected chi connectivity index (χ1v) is 7.56. The van der Waals surface area contributed by atoms with Gasteiger partial charge in [0, 0.05) is 20.6 Å². The number of hydrogen-bond donors (Lipinski definition) is 0. The van der Waals surface area contributed by atoms with Crippen LogP contribution in [-0.4, -0.2) is 26.8 Å². The first-order valence-electron chi connectivity index (χ1n) is 6.76. The Morgan fingerprint density at radius 3 is 2.82 bits per heavy atom. The van der Waals surface area contributed by atoms with Gasteiger partial charge in [-0.05, 0) is 40.0 Å². The molecule has 7 heteroatoms. The van der Waals surface area contributed by atoms with E-state index < -0.39 is 0 Å². The maximum absolute atomic E-state index is 13.7. The first-order chi connectivity index (χ1) is 10.5. The Labute approximate surface area is 135 Å². The molecule has 2 aromatic heterocycles. The van der Waals surface area contributed by atoms with E-state index in [1.165, 1.54) is 6.33 Å². The number of nitrogens with zero attached hydrogens (tertiary/aromatic N) is 5. The fourth-order valence-electron chi connectivity index (χ4n) is 2.40. The van der Waals surface area contributed by atoms with Gasteiger partial charge in [-0.15, -0.1) is 0 Å². The van der Waals surface area contributed by atoms with Crippen molar-refractivity contribution < 1.29 is 4.39 Å². The van der Waals surface area contributed by atoms with Crippen LogP contribution in [0.15, 0.2) is 29.1 Å². The van der Waals surface area contributed by atoms with E-state index in [2.05, 4.69) is 31.0 Å². The smallest absolute Gasteiger partial charge is 0.164 e. The molecule has 3 aromatic rings. The Morgan fingerprint density at radius 2 is 2.09 bits per heavy atom. The maximum atomic E-state index is 13.7. The highest BCUT2D eigenvalue weighted by atomic mass is 79.9. The molecule has 114 valence electrons. The lowest BCUT2D eigenvalue weighted by molar-refractivity contribution is 0.615. The molecule has 0 fully saturated rings. The summed E-state index contributed by atoms with van der Waals surface area (Å²) in [6.07, 6.45) is 1.51. The van der Waals surface area contributed by atoms with Gasteiger partial charge in [0.1, 0.15) is 22.6 Å².